The summed E-state index contributed by atoms with van der Waals surface area (Å²) in [6.07, 6.45) is 10.6. The summed E-state index contributed by atoms with van der Waals surface area (Å²) in [5, 5.41) is 14.6. The van der Waals surface area contributed by atoms with E-state index in [0.29, 0.717) is 24.4 Å². The molecule has 3 heterocycles. The van der Waals surface area contributed by atoms with E-state index in [4.69, 9.17) is 4.74 Å². The number of unbranched alkanes of at least 4 members (excludes halogenated alkanes) is 1. The molecule has 172 valence electrons. The molecule has 3 aromatic rings. The Morgan fingerprint density at radius 2 is 2.06 bits per heavy atom. The fraction of sp³-hybridized carbons (Fsp3) is 0.440. The molecule has 8 heteroatoms. The molecule has 1 aliphatic carbocycles. The van der Waals surface area contributed by atoms with Crippen molar-refractivity contribution in [2.45, 2.75) is 58.0 Å². The monoisotopic (exact) mass is 446 g/mol. The van der Waals surface area contributed by atoms with Crippen LogP contribution in [0.15, 0.2) is 43.0 Å². The highest BCUT2D eigenvalue weighted by molar-refractivity contribution is 6.27. The summed E-state index contributed by atoms with van der Waals surface area (Å²) in [7, 11) is 0. The van der Waals surface area contributed by atoms with Gasteiger partial charge in [-0.25, -0.2) is 4.98 Å². The minimum Gasteiger partial charge on any atom is -0.494 e. The van der Waals surface area contributed by atoms with Crippen LogP contribution in [0.25, 0.3) is 11.1 Å². The van der Waals surface area contributed by atoms with Crippen molar-refractivity contribution >= 4 is 17.1 Å². The number of hydrogen-bond donors (Lipinski definition) is 2. The Morgan fingerprint density at radius 3 is 2.76 bits per heavy atom. The number of nitrogens with one attached hydrogen (secondary N) is 2. The van der Waals surface area contributed by atoms with E-state index in [-0.39, 0.29) is 5.91 Å². The van der Waals surface area contributed by atoms with Crippen molar-refractivity contribution in [1.82, 2.24) is 30.3 Å². The van der Waals surface area contributed by atoms with Crippen molar-refractivity contribution < 1.29 is 9.53 Å². The van der Waals surface area contributed by atoms with Gasteiger partial charge in [-0.1, -0.05) is 25.5 Å². The average Bonchev–Trinajstić information content (AvgIpc) is 3.24. The summed E-state index contributed by atoms with van der Waals surface area (Å²) in [6, 6.07) is 8.03. The first-order valence-corrected chi connectivity index (χ1v) is 11.7. The molecule has 1 fully saturated rings. The number of nitrogens with zero attached hydrogens (tertiary/aromatic N) is 4. The van der Waals surface area contributed by atoms with Gasteiger partial charge in [0.15, 0.2) is 5.82 Å². The normalized spacial score (nSPS) is 20.7. The van der Waals surface area contributed by atoms with E-state index in [9.17, 15) is 4.79 Å². The molecule has 8 nitrogen and oxygen atoms in total. The van der Waals surface area contributed by atoms with Crippen LogP contribution in [-0.4, -0.2) is 37.5 Å². The minimum atomic E-state index is -0.573. The molecule has 2 aliphatic rings. The van der Waals surface area contributed by atoms with Crippen molar-refractivity contribution in [3.63, 3.8) is 0 Å². The first-order chi connectivity index (χ1) is 16.1. The van der Waals surface area contributed by atoms with Crippen LogP contribution in [0.1, 0.15) is 62.9 Å². The van der Waals surface area contributed by atoms with E-state index in [1.54, 1.807) is 0 Å². The lowest BCUT2D eigenvalue weighted by molar-refractivity contribution is -0.117. The van der Waals surface area contributed by atoms with E-state index >= 15 is 0 Å². The zero-order valence-corrected chi connectivity index (χ0v) is 19.2. The van der Waals surface area contributed by atoms with Gasteiger partial charge in [-0.3, -0.25) is 14.6 Å². The van der Waals surface area contributed by atoms with Gasteiger partial charge >= 0.3 is 0 Å². The molecule has 5 rings (SSSR count). The third-order valence-electron chi connectivity index (χ3n) is 6.48. The number of hydrogen-bond acceptors (Lipinski definition) is 5. The average molecular weight is 447 g/mol. The van der Waals surface area contributed by atoms with E-state index < -0.39 is 5.54 Å². The number of H-pyrrole nitrogens is 1. The highest BCUT2D eigenvalue weighted by Crippen LogP contribution is 2.41. The smallest absolute Gasteiger partial charge is 0.256 e. The molecule has 0 bridgehead atoms. The summed E-state index contributed by atoms with van der Waals surface area (Å²) in [4.78, 5) is 17.7. The van der Waals surface area contributed by atoms with Gasteiger partial charge in [-0.05, 0) is 55.4 Å². The molecule has 2 N–H and O–H groups in total. The Bertz CT molecular complexity index is 1140. The molecule has 1 amide bonds. The van der Waals surface area contributed by atoms with Crippen molar-refractivity contribution in [2.75, 3.05) is 6.61 Å². The maximum Gasteiger partial charge on any atom is 0.256 e. The number of aromatic amines is 1. The molecule has 0 radical (unpaired) electrons. The van der Waals surface area contributed by atoms with Gasteiger partial charge in [-0.15, -0.1) is 0 Å². The summed E-state index contributed by atoms with van der Waals surface area (Å²) in [6.45, 7) is 5.84. The molecule has 1 aromatic carbocycles. The molecule has 0 unspecified atom stereocenters. The van der Waals surface area contributed by atoms with Gasteiger partial charge in [0.1, 0.15) is 12.1 Å². The van der Waals surface area contributed by atoms with Crippen LogP contribution >= 0.6 is 0 Å². The highest BCUT2D eigenvalue weighted by atomic mass is 16.5. The second-order valence-electron chi connectivity index (χ2n) is 9.27. The molecular formula is C25H30N6O2. The van der Waals surface area contributed by atoms with Crippen molar-refractivity contribution in [1.29, 1.82) is 0 Å². The largest absolute Gasteiger partial charge is 0.494 e. The van der Waals surface area contributed by atoms with Gasteiger partial charge in [0.2, 0.25) is 0 Å². The lowest BCUT2D eigenvalue weighted by Crippen LogP contribution is -2.47. The fourth-order valence-corrected chi connectivity index (χ4v) is 4.37. The molecule has 1 aliphatic heterocycles. The number of carbonyl (C=O) groups excluding carboxylic acids is 1. The number of carbonyl (C=O) groups is 1. The predicted molar refractivity (Wildman–Crippen MR) is 125 cm³/mol. The molecule has 0 saturated heterocycles. The van der Waals surface area contributed by atoms with Gasteiger partial charge in [0.25, 0.3) is 5.91 Å². The zero-order chi connectivity index (χ0) is 22.8. The molecule has 0 spiro atoms. The SMILES string of the molecule is CCCCOc1ccc([C@]2(C)CC(c3cnn(CC4CC4)c3)=C(c3ncn[nH]3)C(=O)N2)cc1. The second-order valence-corrected chi connectivity index (χ2v) is 9.27. The van der Waals surface area contributed by atoms with Gasteiger partial charge in [-0.2, -0.15) is 10.2 Å². The van der Waals surface area contributed by atoms with Crippen LogP contribution in [0.2, 0.25) is 0 Å². The number of rotatable bonds is 9. The van der Waals surface area contributed by atoms with Crippen LogP contribution < -0.4 is 10.1 Å². The van der Waals surface area contributed by atoms with Crippen LogP contribution in [0.3, 0.4) is 0 Å². The lowest BCUT2D eigenvalue weighted by atomic mass is 9.79. The van der Waals surface area contributed by atoms with Gasteiger partial charge < -0.3 is 10.1 Å². The zero-order valence-electron chi connectivity index (χ0n) is 19.2. The Balaban J connectivity index is 1.47. The molecule has 2 aromatic heterocycles. The Hall–Kier alpha value is -3.42. The number of benzene rings is 1. The summed E-state index contributed by atoms with van der Waals surface area (Å²) in [5.74, 6) is 1.86. The molecule has 1 atom stereocenters. The van der Waals surface area contributed by atoms with Gasteiger partial charge in [0, 0.05) is 24.7 Å². The fourth-order valence-electron chi connectivity index (χ4n) is 4.37. The third-order valence-corrected chi connectivity index (χ3v) is 6.48. The highest BCUT2D eigenvalue weighted by Gasteiger charge is 2.39. The van der Waals surface area contributed by atoms with Crippen molar-refractivity contribution in [2.24, 2.45) is 5.92 Å². The molecule has 1 saturated carbocycles. The van der Waals surface area contributed by atoms with Crippen molar-refractivity contribution in [3.05, 3.63) is 59.9 Å². The first-order valence-electron chi connectivity index (χ1n) is 11.7. The lowest BCUT2D eigenvalue weighted by Gasteiger charge is -2.37. The summed E-state index contributed by atoms with van der Waals surface area (Å²) in [5.41, 5.74) is 2.84. The first kappa shape index (κ1) is 21.4. The van der Waals surface area contributed by atoms with E-state index in [1.165, 1.54) is 19.2 Å². The van der Waals surface area contributed by atoms with Crippen molar-refractivity contribution in [3.8, 4) is 5.75 Å². The predicted octanol–water partition coefficient (Wildman–Crippen LogP) is 3.94. The summed E-state index contributed by atoms with van der Waals surface area (Å²) >= 11 is 0. The van der Waals surface area contributed by atoms with E-state index in [2.05, 4.69) is 39.4 Å². The third kappa shape index (κ3) is 4.55. The standard InChI is InChI=1S/C25H30N6O2/c1-3-4-11-33-20-9-7-19(8-10-20)25(2)12-21(18-13-28-31(15-18)14-17-5-6-17)22(24(32)29-25)23-26-16-27-30-23/h7-10,13,15-17H,3-6,11-12,14H2,1-2H3,(H,29,32)(H,26,27,30)/t25-/m0/s1. The van der Waals surface area contributed by atoms with E-state index in [0.717, 1.165) is 47.8 Å². The Morgan fingerprint density at radius 1 is 1.24 bits per heavy atom. The Kier molecular flexibility index (Phi) is 5.74. The second kappa shape index (κ2) is 8.84. The quantitative estimate of drug-likeness (QED) is 0.485. The van der Waals surface area contributed by atoms with Crippen LogP contribution in [0.5, 0.6) is 5.75 Å². The molecule has 33 heavy (non-hydrogen) atoms. The van der Waals surface area contributed by atoms with Gasteiger partial charge in [0.05, 0.1) is 23.9 Å². The number of ether oxygens (including phenoxy) is 1. The minimum absolute atomic E-state index is 0.172. The van der Waals surface area contributed by atoms with Crippen LogP contribution in [0, 0.1) is 5.92 Å². The Labute approximate surface area is 193 Å². The number of amides is 1. The van der Waals surface area contributed by atoms with E-state index in [1.807, 2.05) is 41.3 Å². The molecular weight excluding hydrogens is 416 g/mol. The summed E-state index contributed by atoms with van der Waals surface area (Å²) < 4.78 is 7.80. The van der Waals surface area contributed by atoms with Crippen LogP contribution in [-0.2, 0) is 16.9 Å². The number of aromatic nitrogens is 5. The van der Waals surface area contributed by atoms with Crippen LogP contribution in [0.4, 0.5) is 0 Å². The topological polar surface area (TPSA) is 97.7 Å². The maximum atomic E-state index is 13.4. The maximum absolute atomic E-state index is 13.4.